The molecule has 3 rings (SSSR count). The molecule has 1 aromatic rings. The summed E-state index contributed by atoms with van der Waals surface area (Å²) in [5.41, 5.74) is -1.16. The number of nitrogens with zero attached hydrogens (tertiary/aromatic N) is 1. The lowest BCUT2D eigenvalue weighted by Gasteiger charge is -2.36. The Balaban J connectivity index is 1.71. The molecule has 134 valence electrons. The number of rotatable bonds is 3. The Morgan fingerprint density at radius 1 is 1.36 bits per heavy atom. The highest BCUT2D eigenvalue weighted by molar-refractivity contribution is 6.10. The lowest BCUT2D eigenvalue weighted by molar-refractivity contribution is -0.136. The molecule has 8 heteroatoms. The van der Waals surface area contributed by atoms with Gasteiger partial charge in [0.2, 0.25) is 5.91 Å². The van der Waals surface area contributed by atoms with Crippen molar-refractivity contribution in [3.05, 3.63) is 29.8 Å². The molecule has 0 aromatic heterocycles. The molecule has 0 radical (unpaired) electrons. The lowest BCUT2D eigenvalue weighted by atomic mass is 9.73. The average molecular weight is 351 g/mol. The third-order valence-electron chi connectivity index (χ3n) is 5.01. The van der Waals surface area contributed by atoms with Gasteiger partial charge in [0.1, 0.15) is 23.7 Å². The van der Waals surface area contributed by atoms with Crippen LogP contribution in [0.5, 0.6) is 0 Å². The van der Waals surface area contributed by atoms with Gasteiger partial charge in [-0.1, -0.05) is 19.8 Å². The number of halogens is 2. The summed E-state index contributed by atoms with van der Waals surface area (Å²) in [4.78, 5) is 37.9. The number of anilines is 1. The van der Waals surface area contributed by atoms with Crippen LogP contribution in [0.4, 0.5) is 19.3 Å². The number of urea groups is 1. The van der Waals surface area contributed by atoms with Crippen molar-refractivity contribution in [2.24, 2.45) is 5.92 Å². The monoisotopic (exact) mass is 351 g/mol. The van der Waals surface area contributed by atoms with Crippen molar-refractivity contribution in [1.82, 2.24) is 10.2 Å². The Labute approximate surface area is 143 Å². The SMILES string of the molecule is C[C@@H]1CCCC[C@@]12NC(=O)N(CC(=O)Nc1ccc(F)cc1F)C2=O. The molecule has 0 bridgehead atoms. The van der Waals surface area contributed by atoms with Gasteiger partial charge >= 0.3 is 6.03 Å². The fraction of sp³-hybridized carbons (Fsp3) is 0.471. The van der Waals surface area contributed by atoms with Crippen LogP contribution in [0, 0.1) is 17.6 Å². The topological polar surface area (TPSA) is 78.5 Å². The molecule has 1 aromatic carbocycles. The van der Waals surface area contributed by atoms with Gasteiger partial charge in [-0.25, -0.2) is 13.6 Å². The second-order valence-corrected chi connectivity index (χ2v) is 6.61. The Hall–Kier alpha value is -2.51. The molecule has 25 heavy (non-hydrogen) atoms. The zero-order chi connectivity index (χ0) is 18.2. The largest absolute Gasteiger partial charge is 0.325 e. The van der Waals surface area contributed by atoms with Crippen LogP contribution in [0.2, 0.25) is 0 Å². The van der Waals surface area contributed by atoms with Crippen LogP contribution in [0.25, 0.3) is 0 Å². The molecule has 6 nitrogen and oxygen atoms in total. The van der Waals surface area contributed by atoms with Gasteiger partial charge in [0.05, 0.1) is 5.69 Å². The molecule has 1 aliphatic carbocycles. The maximum atomic E-state index is 13.6. The maximum absolute atomic E-state index is 13.6. The molecular weight excluding hydrogens is 332 g/mol. The fourth-order valence-electron chi connectivity index (χ4n) is 3.56. The van der Waals surface area contributed by atoms with Gasteiger partial charge in [-0.2, -0.15) is 0 Å². The first-order chi connectivity index (χ1) is 11.8. The number of hydrogen-bond acceptors (Lipinski definition) is 3. The standard InChI is InChI=1S/C17H19F2N3O3/c1-10-4-2-3-7-17(10)15(24)22(16(25)21-17)9-14(23)20-13-6-5-11(18)8-12(13)19/h5-6,8,10H,2-4,7,9H2,1H3,(H,20,23)(H,21,25)/t10-,17-/m1/s1. The minimum absolute atomic E-state index is 0.0136. The molecule has 2 aliphatic rings. The van der Waals surface area contributed by atoms with Crippen molar-refractivity contribution in [3.8, 4) is 0 Å². The smallest absolute Gasteiger partial charge is 0.323 e. The third kappa shape index (κ3) is 3.08. The highest BCUT2D eigenvalue weighted by Gasteiger charge is 2.55. The van der Waals surface area contributed by atoms with Crippen molar-refractivity contribution in [2.75, 3.05) is 11.9 Å². The Bertz CT molecular complexity index is 740. The van der Waals surface area contributed by atoms with Gasteiger partial charge in [-0.05, 0) is 30.9 Å². The van der Waals surface area contributed by atoms with E-state index in [1.54, 1.807) is 0 Å². The Morgan fingerprint density at radius 2 is 2.12 bits per heavy atom. The van der Waals surface area contributed by atoms with E-state index in [0.717, 1.165) is 36.3 Å². The summed E-state index contributed by atoms with van der Waals surface area (Å²) in [6.45, 7) is 1.39. The van der Waals surface area contributed by atoms with Crippen LogP contribution in [-0.2, 0) is 9.59 Å². The molecule has 4 amide bonds. The summed E-state index contributed by atoms with van der Waals surface area (Å²) in [5, 5.41) is 4.99. The Kier molecular flexibility index (Phi) is 4.45. The minimum Gasteiger partial charge on any atom is -0.323 e. The minimum atomic E-state index is -0.948. The number of carbonyl (C=O) groups is 3. The molecule has 1 aliphatic heterocycles. The zero-order valence-electron chi connectivity index (χ0n) is 13.8. The summed E-state index contributed by atoms with van der Waals surface area (Å²) in [6, 6.07) is 2.11. The van der Waals surface area contributed by atoms with E-state index in [0.29, 0.717) is 12.5 Å². The van der Waals surface area contributed by atoms with Crippen LogP contribution >= 0.6 is 0 Å². The normalized spacial score (nSPS) is 26.0. The van der Waals surface area contributed by atoms with Crippen LogP contribution in [0.1, 0.15) is 32.6 Å². The maximum Gasteiger partial charge on any atom is 0.325 e. The van der Waals surface area contributed by atoms with Crippen molar-refractivity contribution in [1.29, 1.82) is 0 Å². The molecule has 1 saturated carbocycles. The first-order valence-electron chi connectivity index (χ1n) is 8.22. The first kappa shape index (κ1) is 17.3. The summed E-state index contributed by atoms with van der Waals surface area (Å²) in [6.07, 6.45) is 3.20. The molecule has 1 heterocycles. The highest BCUT2D eigenvalue weighted by atomic mass is 19.1. The van der Waals surface area contributed by atoms with Gasteiger partial charge in [0.25, 0.3) is 5.91 Å². The first-order valence-corrected chi connectivity index (χ1v) is 8.22. The quantitative estimate of drug-likeness (QED) is 0.821. The van der Waals surface area contributed by atoms with Crippen molar-refractivity contribution in [2.45, 2.75) is 38.1 Å². The number of amides is 4. The van der Waals surface area contributed by atoms with E-state index < -0.39 is 41.6 Å². The number of hydrogen-bond donors (Lipinski definition) is 2. The predicted molar refractivity (Wildman–Crippen MR) is 85.6 cm³/mol. The molecule has 2 N–H and O–H groups in total. The lowest BCUT2D eigenvalue weighted by Crippen LogP contribution is -2.54. The average Bonchev–Trinajstić information content (AvgIpc) is 2.78. The summed E-state index contributed by atoms with van der Waals surface area (Å²) in [5.74, 6) is -2.85. The van der Waals surface area contributed by atoms with Crippen molar-refractivity contribution < 1.29 is 23.2 Å². The molecule has 2 atom stereocenters. The van der Waals surface area contributed by atoms with Gasteiger partial charge in [-0.3, -0.25) is 14.5 Å². The van der Waals surface area contributed by atoms with Crippen molar-refractivity contribution >= 4 is 23.5 Å². The van der Waals surface area contributed by atoms with Crippen LogP contribution in [0.15, 0.2) is 18.2 Å². The molecule has 0 unspecified atom stereocenters. The molecule has 1 saturated heterocycles. The van der Waals surface area contributed by atoms with Gasteiger partial charge in [0, 0.05) is 6.07 Å². The summed E-state index contributed by atoms with van der Waals surface area (Å²) < 4.78 is 26.5. The van der Waals surface area contributed by atoms with Crippen LogP contribution < -0.4 is 10.6 Å². The molecular formula is C17H19F2N3O3. The molecule has 1 spiro atoms. The van der Waals surface area contributed by atoms with Crippen LogP contribution in [-0.4, -0.2) is 34.8 Å². The van der Waals surface area contributed by atoms with E-state index >= 15 is 0 Å². The number of benzene rings is 1. The number of imide groups is 1. The molecule has 2 fully saturated rings. The second-order valence-electron chi connectivity index (χ2n) is 6.61. The fourth-order valence-corrected chi connectivity index (χ4v) is 3.56. The highest BCUT2D eigenvalue weighted by Crippen LogP contribution is 2.38. The predicted octanol–water partition coefficient (Wildman–Crippen LogP) is 2.40. The van der Waals surface area contributed by atoms with E-state index in [9.17, 15) is 23.2 Å². The summed E-state index contributed by atoms with van der Waals surface area (Å²) in [7, 11) is 0. The summed E-state index contributed by atoms with van der Waals surface area (Å²) >= 11 is 0. The number of carbonyl (C=O) groups excluding carboxylic acids is 3. The number of nitrogens with one attached hydrogen (secondary N) is 2. The second kappa shape index (κ2) is 6.42. The van der Waals surface area contributed by atoms with Crippen LogP contribution in [0.3, 0.4) is 0 Å². The van der Waals surface area contributed by atoms with E-state index in [-0.39, 0.29) is 11.6 Å². The van der Waals surface area contributed by atoms with E-state index in [2.05, 4.69) is 10.6 Å². The van der Waals surface area contributed by atoms with E-state index in [1.807, 2.05) is 6.92 Å². The zero-order valence-corrected chi connectivity index (χ0v) is 13.8. The van der Waals surface area contributed by atoms with Gasteiger partial charge in [-0.15, -0.1) is 0 Å². The van der Waals surface area contributed by atoms with E-state index in [1.165, 1.54) is 0 Å². The van der Waals surface area contributed by atoms with Gasteiger partial charge in [0.15, 0.2) is 0 Å². The van der Waals surface area contributed by atoms with E-state index in [4.69, 9.17) is 0 Å². The third-order valence-corrected chi connectivity index (χ3v) is 5.01. The Morgan fingerprint density at radius 3 is 2.80 bits per heavy atom. The van der Waals surface area contributed by atoms with Crippen molar-refractivity contribution in [3.63, 3.8) is 0 Å². The van der Waals surface area contributed by atoms with Gasteiger partial charge < -0.3 is 10.6 Å².